The number of aliphatic hydroxyl groups excluding tert-OH is 1. The van der Waals surface area contributed by atoms with Gasteiger partial charge in [-0.05, 0) is 11.8 Å². The molecule has 1 aliphatic heterocycles. The van der Waals surface area contributed by atoms with Crippen LogP contribution < -0.4 is 0 Å². The van der Waals surface area contributed by atoms with E-state index in [0.29, 0.717) is 12.1 Å². The summed E-state index contributed by atoms with van der Waals surface area (Å²) in [6.07, 6.45) is 3.04. The Balaban J connectivity index is 2.73. The van der Waals surface area contributed by atoms with E-state index in [4.69, 9.17) is 5.11 Å². The lowest BCUT2D eigenvalue weighted by Crippen LogP contribution is -2.30. The number of nitrogens with zero attached hydrogens (tertiary/aromatic N) is 2. The average Bonchev–Trinajstić information content (AvgIpc) is 2.18. The first-order valence-electron chi connectivity index (χ1n) is 3.86. The summed E-state index contributed by atoms with van der Waals surface area (Å²) in [6, 6.07) is 0. The van der Waals surface area contributed by atoms with E-state index in [1.54, 1.807) is 13.1 Å². The van der Waals surface area contributed by atoms with Crippen LogP contribution in [0.4, 0.5) is 0 Å². The smallest absolute Gasteiger partial charge is 0.262 e. The molecule has 0 aromatic heterocycles. The van der Waals surface area contributed by atoms with Gasteiger partial charge in [0.15, 0.2) is 0 Å². The van der Waals surface area contributed by atoms with Crippen molar-refractivity contribution in [3.63, 3.8) is 0 Å². The van der Waals surface area contributed by atoms with Gasteiger partial charge in [0.1, 0.15) is 0 Å². The van der Waals surface area contributed by atoms with Gasteiger partial charge in [-0.1, -0.05) is 0 Å². The van der Waals surface area contributed by atoms with Crippen molar-refractivity contribution < 1.29 is 9.90 Å². The molecule has 0 aliphatic carbocycles. The minimum atomic E-state index is -0.187. The topological polar surface area (TPSA) is 52.9 Å². The molecule has 0 saturated carbocycles. The minimum absolute atomic E-state index is 0.0446. The molecule has 0 aromatic carbocycles. The zero-order valence-corrected chi connectivity index (χ0v) is 7.32. The Morgan fingerprint density at radius 2 is 2.54 bits per heavy atom. The van der Waals surface area contributed by atoms with Crippen LogP contribution in [0.1, 0.15) is 0 Å². The van der Waals surface area contributed by atoms with Crippen molar-refractivity contribution in [3.05, 3.63) is 23.6 Å². The zero-order chi connectivity index (χ0) is 9.68. The van der Waals surface area contributed by atoms with Crippen molar-refractivity contribution in [1.82, 2.24) is 4.90 Å². The number of hydrogen-bond donors (Lipinski definition) is 1. The first kappa shape index (κ1) is 9.49. The Morgan fingerprint density at radius 1 is 1.77 bits per heavy atom. The molecule has 1 heterocycles. The Bertz CT molecular complexity index is 332. The zero-order valence-electron chi connectivity index (χ0n) is 7.32. The normalized spacial score (nSPS) is 12.9. The molecule has 13 heavy (non-hydrogen) atoms. The van der Waals surface area contributed by atoms with Gasteiger partial charge in [-0.15, -0.1) is 0 Å². The van der Waals surface area contributed by atoms with Gasteiger partial charge in [0.2, 0.25) is 0 Å². The molecule has 0 atom stereocenters. The van der Waals surface area contributed by atoms with Crippen molar-refractivity contribution in [2.75, 3.05) is 20.2 Å². The molecule has 4 heteroatoms. The fourth-order valence-corrected chi connectivity index (χ4v) is 0.865. The highest BCUT2D eigenvalue weighted by Gasteiger charge is 2.11. The summed E-state index contributed by atoms with van der Waals surface area (Å²) in [6.45, 7) is 0.270. The molecule has 0 fully saturated rings. The van der Waals surface area contributed by atoms with Crippen LogP contribution in [0, 0.1) is 0 Å². The van der Waals surface area contributed by atoms with Crippen LogP contribution in [0.3, 0.4) is 0 Å². The van der Waals surface area contributed by atoms with E-state index in [1.165, 1.54) is 11.1 Å². The predicted molar refractivity (Wildman–Crippen MR) is 48.3 cm³/mol. The molecule has 0 aromatic rings. The molecule has 1 rings (SSSR count). The van der Waals surface area contributed by atoms with Gasteiger partial charge in [0, 0.05) is 25.7 Å². The lowest BCUT2D eigenvalue weighted by molar-refractivity contribution is -0.125. The number of aliphatic imine (C=N–C) groups is 1. The predicted octanol–water partition coefficient (Wildman–Crippen LogP) is -0.284. The molecule has 0 bridgehead atoms. The van der Waals surface area contributed by atoms with Crippen LogP contribution in [0.25, 0.3) is 0 Å². The van der Waals surface area contributed by atoms with E-state index < -0.39 is 0 Å². The lowest BCUT2D eigenvalue weighted by atomic mass is 10.2. The number of rotatable bonds is 3. The molecular weight excluding hydrogens is 168 g/mol. The maximum atomic E-state index is 11.5. The molecule has 1 amide bonds. The van der Waals surface area contributed by atoms with Gasteiger partial charge in [-0.2, -0.15) is 0 Å². The first-order chi connectivity index (χ1) is 6.25. The van der Waals surface area contributed by atoms with Gasteiger partial charge in [0.25, 0.3) is 5.91 Å². The van der Waals surface area contributed by atoms with Gasteiger partial charge in [0.05, 0.1) is 12.2 Å². The Kier molecular flexibility index (Phi) is 3.23. The van der Waals surface area contributed by atoms with Crippen LogP contribution >= 0.6 is 0 Å². The van der Waals surface area contributed by atoms with Crippen LogP contribution in [-0.2, 0) is 4.79 Å². The standard InChI is InChI=1S/C9H10N2O2/c1-11(6-7-12)9(13)8-2-4-10-5-3-8/h2,4,12H,6-7H2,1H3. The summed E-state index contributed by atoms with van der Waals surface area (Å²) >= 11 is 0. The largest absolute Gasteiger partial charge is 0.395 e. The van der Waals surface area contributed by atoms with E-state index >= 15 is 0 Å². The summed E-state index contributed by atoms with van der Waals surface area (Å²) < 4.78 is 0. The van der Waals surface area contributed by atoms with Gasteiger partial charge < -0.3 is 10.0 Å². The van der Waals surface area contributed by atoms with Crippen LogP contribution in [0.5, 0.6) is 0 Å². The number of likely N-dealkylation sites (N-methyl/N-ethyl adjacent to an activating group) is 1. The van der Waals surface area contributed by atoms with Gasteiger partial charge in [-0.25, -0.2) is 4.99 Å². The third-order valence-electron chi connectivity index (χ3n) is 1.58. The van der Waals surface area contributed by atoms with Gasteiger partial charge >= 0.3 is 0 Å². The van der Waals surface area contributed by atoms with Crippen molar-refractivity contribution in [1.29, 1.82) is 0 Å². The molecule has 1 N–H and O–H groups in total. The third kappa shape index (κ3) is 2.42. The Hall–Kier alpha value is -1.60. The van der Waals surface area contributed by atoms with E-state index in [9.17, 15) is 4.79 Å². The van der Waals surface area contributed by atoms with E-state index in [-0.39, 0.29) is 12.5 Å². The van der Waals surface area contributed by atoms with Crippen molar-refractivity contribution in [2.24, 2.45) is 4.99 Å². The fourth-order valence-electron chi connectivity index (χ4n) is 0.865. The van der Waals surface area contributed by atoms with Gasteiger partial charge in [-0.3, -0.25) is 4.79 Å². The Morgan fingerprint density at radius 3 is 3.08 bits per heavy atom. The molecule has 0 spiro atoms. The molecule has 0 unspecified atom stereocenters. The second-order valence-corrected chi connectivity index (χ2v) is 2.55. The van der Waals surface area contributed by atoms with Crippen LogP contribution in [0.2, 0.25) is 0 Å². The maximum Gasteiger partial charge on any atom is 0.262 e. The lowest BCUT2D eigenvalue weighted by Gasteiger charge is -2.14. The van der Waals surface area contributed by atoms with E-state index in [2.05, 4.69) is 16.6 Å². The molecular formula is C9H10N2O2. The summed E-state index contributed by atoms with van der Waals surface area (Å²) in [5, 5.41) is 8.61. The number of aliphatic hydroxyl groups is 1. The monoisotopic (exact) mass is 178 g/mol. The SMILES string of the molecule is CN(CCO)C(=O)C1=C=C=NC=C1. The summed E-state index contributed by atoms with van der Waals surface area (Å²) in [4.78, 5) is 16.5. The highest BCUT2D eigenvalue weighted by atomic mass is 16.3. The first-order valence-corrected chi connectivity index (χ1v) is 3.86. The Labute approximate surface area is 76.2 Å². The molecule has 0 saturated heterocycles. The fraction of sp³-hybridized carbons (Fsp3) is 0.333. The van der Waals surface area contributed by atoms with Crippen molar-refractivity contribution in [3.8, 4) is 0 Å². The van der Waals surface area contributed by atoms with E-state index in [0.717, 1.165) is 0 Å². The highest BCUT2D eigenvalue weighted by Crippen LogP contribution is 2.01. The number of hydrogen-bond acceptors (Lipinski definition) is 3. The number of amides is 1. The third-order valence-corrected chi connectivity index (χ3v) is 1.58. The number of carbonyl (C=O) groups excluding carboxylic acids is 1. The summed E-state index contributed by atoms with van der Waals surface area (Å²) in [5.74, 6) is 2.27. The van der Waals surface area contributed by atoms with E-state index in [1.807, 2.05) is 0 Å². The number of carbonyl (C=O) groups is 1. The second kappa shape index (κ2) is 4.43. The average molecular weight is 178 g/mol. The molecule has 68 valence electrons. The van der Waals surface area contributed by atoms with Crippen molar-refractivity contribution >= 4 is 11.8 Å². The summed E-state index contributed by atoms with van der Waals surface area (Å²) in [5.41, 5.74) is 3.01. The molecule has 0 radical (unpaired) electrons. The summed E-state index contributed by atoms with van der Waals surface area (Å²) in [7, 11) is 1.62. The molecule has 4 nitrogen and oxygen atoms in total. The second-order valence-electron chi connectivity index (χ2n) is 2.55. The van der Waals surface area contributed by atoms with Crippen LogP contribution in [-0.4, -0.2) is 42.0 Å². The van der Waals surface area contributed by atoms with Crippen molar-refractivity contribution in [2.45, 2.75) is 0 Å². The highest BCUT2D eigenvalue weighted by molar-refractivity contribution is 5.97. The minimum Gasteiger partial charge on any atom is -0.395 e. The quantitative estimate of drug-likeness (QED) is 0.604. The molecule has 1 aliphatic rings. The maximum absolute atomic E-state index is 11.5. The van der Waals surface area contributed by atoms with Crippen LogP contribution in [0.15, 0.2) is 28.6 Å².